The molecule has 2 aliphatic rings. The molecule has 2 fully saturated rings. The van der Waals surface area contributed by atoms with Gasteiger partial charge in [-0.15, -0.1) is 24.8 Å². The van der Waals surface area contributed by atoms with Gasteiger partial charge in [0, 0.05) is 24.8 Å². The van der Waals surface area contributed by atoms with Gasteiger partial charge < -0.3 is 15.5 Å². The highest BCUT2D eigenvalue weighted by atomic mass is 35.5. The lowest BCUT2D eigenvalue weighted by Gasteiger charge is -2.21. The second-order valence-corrected chi connectivity index (χ2v) is 5.43. The van der Waals surface area contributed by atoms with E-state index in [0.717, 1.165) is 44.6 Å². The van der Waals surface area contributed by atoms with Crippen molar-refractivity contribution in [1.82, 2.24) is 10.2 Å². The number of hydrogen-bond acceptors (Lipinski definition) is 3. The van der Waals surface area contributed by atoms with E-state index < -0.39 is 0 Å². The third kappa shape index (κ3) is 4.50. The van der Waals surface area contributed by atoms with Gasteiger partial charge in [0.05, 0.1) is 6.04 Å². The van der Waals surface area contributed by atoms with Gasteiger partial charge >= 0.3 is 0 Å². The zero-order valence-corrected chi connectivity index (χ0v) is 13.6. The van der Waals surface area contributed by atoms with E-state index in [1.165, 1.54) is 0 Å². The van der Waals surface area contributed by atoms with Crippen molar-refractivity contribution < 1.29 is 4.79 Å². The Bertz CT molecular complexity index is 438. The van der Waals surface area contributed by atoms with Gasteiger partial charge in [-0.05, 0) is 37.9 Å². The summed E-state index contributed by atoms with van der Waals surface area (Å²) in [6, 6.07) is 10.7. The smallest absolute Gasteiger partial charge is 0.239 e. The zero-order chi connectivity index (χ0) is 13.1. The average Bonchev–Trinajstić information content (AvgIpc) is 3.10. The predicted octanol–water partition coefficient (Wildman–Crippen LogP) is 2.29. The second kappa shape index (κ2) is 8.47. The van der Waals surface area contributed by atoms with Crippen molar-refractivity contribution in [2.24, 2.45) is 0 Å². The Hall–Kier alpha value is -0.970. The fourth-order valence-corrected chi connectivity index (χ4v) is 2.96. The maximum Gasteiger partial charge on any atom is 0.239 e. The third-order valence-corrected chi connectivity index (χ3v) is 4.00. The molecule has 118 valence electrons. The molecule has 2 heterocycles. The molecule has 2 saturated heterocycles. The molecule has 4 nitrogen and oxygen atoms in total. The summed E-state index contributed by atoms with van der Waals surface area (Å²) < 4.78 is 0. The Morgan fingerprint density at radius 2 is 1.95 bits per heavy atom. The number of para-hydroxylation sites is 1. The van der Waals surface area contributed by atoms with Crippen molar-refractivity contribution in [3.63, 3.8) is 0 Å². The number of carbonyl (C=O) groups is 1. The molecule has 0 aromatic heterocycles. The van der Waals surface area contributed by atoms with Crippen LogP contribution in [0.4, 0.5) is 5.69 Å². The van der Waals surface area contributed by atoms with E-state index in [0.29, 0.717) is 6.04 Å². The summed E-state index contributed by atoms with van der Waals surface area (Å²) in [6.45, 7) is 2.68. The van der Waals surface area contributed by atoms with Crippen LogP contribution in [-0.2, 0) is 4.79 Å². The summed E-state index contributed by atoms with van der Waals surface area (Å²) in [6.07, 6.45) is 3.15. The van der Waals surface area contributed by atoms with E-state index in [4.69, 9.17) is 0 Å². The Kier molecular flexibility index (Phi) is 7.29. The third-order valence-electron chi connectivity index (χ3n) is 4.00. The van der Waals surface area contributed by atoms with Crippen LogP contribution >= 0.6 is 24.8 Å². The van der Waals surface area contributed by atoms with Crippen LogP contribution in [-0.4, -0.2) is 42.5 Å². The average molecular weight is 332 g/mol. The summed E-state index contributed by atoms with van der Waals surface area (Å²) in [5.74, 6) is 0.287. The number of anilines is 1. The number of halogens is 2. The Balaban J connectivity index is 0.00000110. The van der Waals surface area contributed by atoms with Gasteiger partial charge in [-0.25, -0.2) is 0 Å². The van der Waals surface area contributed by atoms with Gasteiger partial charge in [0.15, 0.2) is 0 Å². The monoisotopic (exact) mass is 331 g/mol. The predicted molar refractivity (Wildman–Crippen MR) is 90.6 cm³/mol. The lowest BCUT2D eigenvalue weighted by molar-refractivity contribution is -0.132. The van der Waals surface area contributed by atoms with Gasteiger partial charge in [0.2, 0.25) is 5.91 Å². The normalized spacial score (nSPS) is 24.1. The second-order valence-electron chi connectivity index (χ2n) is 5.43. The van der Waals surface area contributed by atoms with Crippen LogP contribution in [0.15, 0.2) is 30.3 Å². The van der Waals surface area contributed by atoms with Crippen molar-refractivity contribution in [2.45, 2.75) is 31.3 Å². The number of nitrogens with zero attached hydrogens (tertiary/aromatic N) is 1. The minimum atomic E-state index is 0. The van der Waals surface area contributed by atoms with Crippen molar-refractivity contribution >= 4 is 36.4 Å². The molecular formula is C15H23Cl2N3O. The molecule has 21 heavy (non-hydrogen) atoms. The van der Waals surface area contributed by atoms with Crippen LogP contribution in [0.2, 0.25) is 0 Å². The molecule has 0 aliphatic carbocycles. The molecule has 6 heteroatoms. The van der Waals surface area contributed by atoms with Gasteiger partial charge in [-0.3, -0.25) is 4.79 Å². The molecule has 0 bridgehead atoms. The van der Waals surface area contributed by atoms with Gasteiger partial charge in [0.25, 0.3) is 0 Å². The quantitative estimate of drug-likeness (QED) is 0.893. The largest absolute Gasteiger partial charge is 0.380 e. The lowest BCUT2D eigenvalue weighted by Crippen LogP contribution is -2.43. The maximum atomic E-state index is 12.3. The Morgan fingerprint density at radius 3 is 2.62 bits per heavy atom. The number of hydrogen-bond donors (Lipinski definition) is 2. The molecule has 1 aromatic carbocycles. The fourth-order valence-electron chi connectivity index (χ4n) is 2.96. The van der Waals surface area contributed by atoms with Crippen molar-refractivity contribution in [3.05, 3.63) is 30.3 Å². The summed E-state index contributed by atoms with van der Waals surface area (Å²) in [5, 5.41) is 6.79. The van der Waals surface area contributed by atoms with Crippen LogP contribution in [0.25, 0.3) is 0 Å². The van der Waals surface area contributed by atoms with Crippen molar-refractivity contribution in [3.8, 4) is 0 Å². The molecule has 2 unspecified atom stereocenters. The number of benzene rings is 1. The van der Waals surface area contributed by atoms with Crippen LogP contribution in [0.1, 0.15) is 19.3 Å². The molecule has 0 saturated carbocycles. The Labute approximate surface area is 138 Å². The first-order valence-electron chi connectivity index (χ1n) is 7.17. The van der Waals surface area contributed by atoms with E-state index in [1.54, 1.807) is 0 Å². The number of nitrogens with one attached hydrogen (secondary N) is 2. The first kappa shape index (κ1) is 18.1. The van der Waals surface area contributed by atoms with Crippen LogP contribution in [0, 0.1) is 0 Å². The van der Waals surface area contributed by atoms with E-state index in [-0.39, 0.29) is 36.8 Å². The van der Waals surface area contributed by atoms with Crippen LogP contribution in [0.5, 0.6) is 0 Å². The summed E-state index contributed by atoms with van der Waals surface area (Å²) in [5.41, 5.74) is 1.14. The molecule has 0 spiro atoms. The van der Waals surface area contributed by atoms with Crippen LogP contribution < -0.4 is 10.6 Å². The first-order valence-corrected chi connectivity index (χ1v) is 7.17. The maximum absolute atomic E-state index is 12.3. The topological polar surface area (TPSA) is 44.4 Å². The number of rotatable bonds is 3. The standard InChI is InChI=1S/C15H21N3O.2ClH/c19-15(14-7-4-9-16-14)18-10-8-13(11-18)17-12-5-2-1-3-6-12;;/h1-3,5-6,13-14,16-17H,4,7-11H2;2*1H. The molecule has 0 radical (unpaired) electrons. The molecule has 2 atom stereocenters. The molecule has 2 N–H and O–H groups in total. The van der Waals surface area contributed by atoms with E-state index >= 15 is 0 Å². The molecule has 3 rings (SSSR count). The van der Waals surface area contributed by atoms with E-state index in [1.807, 2.05) is 23.1 Å². The molecule has 1 amide bonds. The highest BCUT2D eigenvalue weighted by Crippen LogP contribution is 2.18. The minimum Gasteiger partial charge on any atom is -0.380 e. The SMILES string of the molecule is Cl.Cl.O=C(C1CCCN1)N1CCC(Nc2ccccc2)C1. The summed E-state index contributed by atoms with van der Waals surface area (Å²) >= 11 is 0. The Morgan fingerprint density at radius 1 is 1.19 bits per heavy atom. The van der Waals surface area contributed by atoms with Gasteiger partial charge in [-0.1, -0.05) is 18.2 Å². The molecule has 1 aromatic rings. The lowest BCUT2D eigenvalue weighted by atomic mass is 10.2. The van der Waals surface area contributed by atoms with E-state index in [2.05, 4.69) is 22.8 Å². The summed E-state index contributed by atoms with van der Waals surface area (Å²) in [4.78, 5) is 14.3. The summed E-state index contributed by atoms with van der Waals surface area (Å²) in [7, 11) is 0. The first-order chi connectivity index (χ1) is 9.33. The fraction of sp³-hybridized carbons (Fsp3) is 0.533. The van der Waals surface area contributed by atoms with Crippen molar-refractivity contribution in [2.75, 3.05) is 25.0 Å². The number of amides is 1. The van der Waals surface area contributed by atoms with Crippen LogP contribution in [0.3, 0.4) is 0 Å². The number of carbonyl (C=O) groups excluding carboxylic acids is 1. The van der Waals surface area contributed by atoms with Gasteiger partial charge in [0.1, 0.15) is 0 Å². The van der Waals surface area contributed by atoms with Crippen molar-refractivity contribution in [1.29, 1.82) is 0 Å². The minimum absolute atomic E-state index is 0. The molecular weight excluding hydrogens is 309 g/mol. The molecule has 2 aliphatic heterocycles. The highest BCUT2D eigenvalue weighted by Gasteiger charge is 2.31. The van der Waals surface area contributed by atoms with Gasteiger partial charge in [-0.2, -0.15) is 0 Å². The van der Waals surface area contributed by atoms with E-state index in [9.17, 15) is 4.79 Å². The highest BCUT2D eigenvalue weighted by molar-refractivity contribution is 5.85. The number of likely N-dealkylation sites (tertiary alicyclic amines) is 1. The zero-order valence-electron chi connectivity index (χ0n) is 12.0.